The van der Waals surface area contributed by atoms with Gasteiger partial charge in [0.1, 0.15) is 0 Å². The van der Waals surface area contributed by atoms with E-state index in [4.69, 9.17) is 11.6 Å². The minimum atomic E-state index is -0.102. The van der Waals surface area contributed by atoms with Crippen LogP contribution in [0.3, 0.4) is 0 Å². The van der Waals surface area contributed by atoms with Crippen LogP contribution in [-0.2, 0) is 6.42 Å². The highest BCUT2D eigenvalue weighted by Gasteiger charge is 2.22. The smallest absolute Gasteiger partial charge is 0.251 e. The Morgan fingerprint density at radius 2 is 2.24 bits per heavy atom. The summed E-state index contributed by atoms with van der Waals surface area (Å²) in [5.74, 6) is -0.102. The molecular formula is C16H17ClN2OS. The van der Waals surface area contributed by atoms with Crippen LogP contribution in [0, 0.1) is 0 Å². The lowest BCUT2D eigenvalue weighted by atomic mass is 9.94. The molecule has 3 rings (SSSR count). The third kappa shape index (κ3) is 2.92. The van der Waals surface area contributed by atoms with Crippen molar-refractivity contribution in [1.29, 1.82) is 0 Å². The number of thiophene rings is 1. The third-order valence-corrected chi connectivity index (χ3v) is 5.16. The lowest BCUT2D eigenvalue weighted by Crippen LogP contribution is -2.19. The maximum Gasteiger partial charge on any atom is 0.251 e. The summed E-state index contributed by atoms with van der Waals surface area (Å²) in [6, 6.07) is 7.79. The quantitative estimate of drug-likeness (QED) is 0.887. The largest absolute Gasteiger partial charge is 0.377 e. The Morgan fingerprint density at radius 3 is 3.05 bits per heavy atom. The van der Waals surface area contributed by atoms with Crippen LogP contribution in [-0.4, -0.2) is 13.0 Å². The van der Waals surface area contributed by atoms with Crippen LogP contribution in [0.25, 0.3) is 0 Å². The SMILES string of the molecule is CNC(=O)c1ccc(Cl)c(NC2CCCc3sccc32)c1. The Balaban J connectivity index is 1.87. The molecular weight excluding hydrogens is 304 g/mol. The number of anilines is 1. The molecule has 3 nitrogen and oxygen atoms in total. The average molecular weight is 321 g/mol. The van der Waals surface area contributed by atoms with Gasteiger partial charge in [0, 0.05) is 17.5 Å². The monoisotopic (exact) mass is 320 g/mol. The molecule has 2 N–H and O–H groups in total. The fourth-order valence-electron chi connectivity index (χ4n) is 2.75. The van der Waals surface area contributed by atoms with Crippen LogP contribution >= 0.6 is 22.9 Å². The second-order valence-electron chi connectivity index (χ2n) is 5.16. The first-order valence-corrected chi connectivity index (χ1v) is 8.29. The summed E-state index contributed by atoms with van der Waals surface area (Å²) in [5, 5.41) is 8.93. The molecule has 1 unspecified atom stereocenters. The van der Waals surface area contributed by atoms with E-state index < -0.39 is 0 Å². The van der Waals surface area contributed by atoms with Gasteiger partial charge >= 0.3 is 0 Å². The van der Waals surface area contributed by atoms with Gasteiger partial charge in [-0.3, -0.25) is 4.79 Å². The van der Waals surface area contributed by atoms with E-state index in [1.54, 1.807) is 19.2 Å². The lowest BCUT2D eigenvalue weighted by molar-refractivity contribution is 0.0963. The van der Waals surface area contributed by atoms with Gasteiger partial charge in [-0.15, -0.1) is 11.3 Å². The van der Waals surface area contributed by atoms with E-state index in [9.17, 15) is 4.79 Å². The predicted octanol–water partition coefficient (Wildman–Crippen LogP) is 4.25. The number of benzene rings is 1. The minimum absolute atomic E-state index is 0.102. The first-order chi connectivity index (χ1) is 10.2. The lowest BCUT2D eigenvalue weighted by Gasteiger charge is -2.25. The number of hydrogen-bond donors (Lipinski definition) is 2. The number of carbonyl (C=O) groups is 1. The minimum Gasteiger partial charge on any atom is -0.377 e. The highest BCUT2D eigenvalue weighted by atomic mass is 35.5. The number of fused-ring (bicyclic) bond motifs is 1. The van der Waals surface area contributed by atoms with Gasteiger partial charge in [-0.1, -0.05) is 11.6 Å². The Bertz CT molecular complexity index is 668. The summed E-state index contributed by atoms with van der Waals surface area (Å²) in [4.78, 5) is 13.2. The van der Waals surface area contributed by atoms with Crippen molar-refractivity contribution in [3.63, 3.8) is 0 Å². The van der Waals surface area contributed by atoms with Crippen LogP contribution < -0.4 is 10.6 Å². The molecule has 1 aliphatic carbocycles. The third-order valence-electron chi connectivity index (χ3n) is 3.84. The first kappa shape index (κ1) is 14.4. The zero-order valence-electron chi connectivity index (χ0n) is 11.8. The molecule has 21 heavy (non-hydrogen) atoms. The number of amides is 1. The molecule has 1 aromatic carbocycles. The number of carbonyl (C=O) groups excluding carboxylic acids is 1. The summed E-state index contributed by atoms with van der Waals surface area (Å²) in [6.07, 6.45) is 3.43. The van der Waals surface area contributed by atoms with Crippen LogP contribution in [0.15, 0.2) is 29.6 Å². The molecule has 0 spiro atoms. The zero-order valence-corrected chi connectivity index (χ0v) is 13.4. The van der Waals surface area contributed by atoms with Gasteiger partial charge in [-0.25, -0.2) is 0 Å². The molecule has 0 bridgehead atoms. The molecule has 1 aliphatic rings. The molecule has 0 radical (unpaired) electrons. The fraction of sp³-hybridized carbons (Fsp3) is 0.312. The first-order valence-electron chi connectivity index (χ1n) is 7.03. The van der Waals surface area contributed by atoms with Crippen molar-refractivity contribution in [2.75, 3.05) is 12.4 Å². The van der Waals surface area contributed by atoms with Gasteiger partial charge in [-0.2, -0.15) is 0 Å². The summed E-state index contributed by atoms with van der Waals surface area (Å²) in [5.41, 5.74) is 2.81. The Kier molecular flexibility index (Phi) is 4.17. The molecule has 0 saturated heterocycles. The standard InChI is InChI=1S/C16H17ClN2OS/c1-18-16(20)10-5-6-12(17)14(9-10)19-13-3-2-4-15-11(13)7-8-21-15/h5-9,13,19H,2-4H2,1H3,(H,18,20). The van der Waals surface area contributed by atoms with E-state index in [-0.39, 0.29) is 11.9 Å². The average Bonchev–Trinajstić information content (AvgIpc) is 2.98. The van der Waals surface area contributed by atoms with Crippen molar-refractivity contribution in [2.45, 2.75) is 25.3 Å². The van der Waals surface area contributed by atoms with Crippen LogP contribution in [0.4, 0.5) is 5.69 Å². The van der Waals surface area contributed by atoms with Gasteiger partial charge in [0.2, 0.25) is 0 Å². The molecule has 110 valence electrons. The van der Waals surface area contributed by atoms with Crippen molar-refractivity contribution < 1.29 is 4.79 Å². The highest BCUT2D eigenvalue weighted by Crippen LogP contribution is 2.37. The number of hydrogen-bond acceptors (Lipinski definition) is 3. The van der Waals surface area contributed by atoms with Crippen molar-refractivity contribution in [1.82, 2.24) is 5.32 Å². The molecule has 0 fully saturated rings. The van der Waals surface area contributed by atoms with Gasteiger partial charge in [0.15, 0.2) is 0 Å². The van der Waals surface area contributed by atoms with Gasteiger partial charge in [0.25, 0.3) is 5.91 Å². The van der Waals surface area contributed by atoms with Crippen molar-refractivity contribution >= 4 is 34.5 Å². The molecule has 0 aliphatic heterocycles. The Labute approximate surface area is 133 Å². The second-order valence-corrected chi connectivity index (χ2v) is 6.57. The van der Waals surface area contributed by atoms with Crippen molar-refractivity contribution in [3.8, 4) is 0 Å². The molecule has 1 atom stereocenters. The zero-order chi connectivity index (χ0) is 14.8. The van der Waals surface area contributed by atoms with Crippen LogP contribution in [0.1, 0.15) is 39.7 Å². The maximum atomic E-state index is 11.7. The van der Waals surface area contributed by atoms with E-state index >= 15 is 0 Å². The number of halogens is 1. The molecule has 2 aromatic rings. The van der Waals surface area contributed by atoms with Gasteiger partial charge in [-0.05, 0) is 54.5 Å². The van der Waals surface area contributed by atoms with Gasteiger partial charge < -0.3 is 10.6 Å². The maximum absolute atomic E-state index is 11.7. The normalized spacial score (nSPS) is 17.1. The number of aryl methyl sites for hydroxylation is 1. The summed E-state index contributed by atoms with van der Waals surface area (Å²) < 4.78 is 0. The highest BCUT2D eigenvalue weighted by molar-refractivity contribution is 7.10. The molecule has 1 amide bonds. The fourth-order valence-corrected chi connectivity index (χ4v) is 3.91. The van der Waals surface area contributed by atoms with E-state index in [1.165, 1.54) is 16.9 Å². The Hall–Kier alpha value is -1.52. The van der Waals surface area contributed by atoms with Crippen LogP contribution in [0.2, 0.25) is 5.02 Å². The van der Waals surface area contributed by atoms with E-state index in [2.05, 4.69) is 22.1 Å². The molecule has 1 aromatic heterocycles. The predicted molar refractivity (Wildman–Crippen MR) is 88.5 cm³/mol. The number of nitrogens with one attached hydrogen (secondary N) is 2. The molecule has 5 heteroatoms. The number of rotatable bonds is 3. The van der Waals surface area contributed by atoms with Gasteiger partial charge in [0.05, 0.1) is 16.8 Å². The summed E-state index contributed by atoms with van der Waals surface area (Å²) >= 11 is 8.09. The second kappa shape index (κ2) is 6.08. The van der Waals surface area contributed by atoms with Crippen molar-refractivity contribution in [3.05, 3.63) is 50.7 Å². The van der Waals surface area contributed by atoms with E-state index in [0.717, 1.165) is 18.5 Å². The molecule has 1 heterocycles. The van der Waals surface area contributed by atoms with Crippen molar-refractivity contribution in [2.24, 2.45) is 0 Å². The topological polar surface area (TPSA) is 41.1 Å². The molecule has 0 saturated carbocycles. The summed E-state index contributed by atoms with van der Waals surface area (Å²) in [6.45, 7) is 0. The van der Waals surface area contributed by atoms with E-state index in [0.29, 0.717) is 10.6 Å². The van der Waals surface area contributed by atoms with E-state index in [1.807, 2.05) is 17.4 Å². The summed E-state index contributed by atoms with van der Waals surface area (Å²) in [7, 11) is 1.63. The Morgan fingerprint density at radius 1 is 1.38 bits per heavy atom. The van der Waals surface area contributed by atoms with Crippen LogP contribution in [0.5, 0.6) is 0 Å².